The Kier molecular flexibility index (Phi) is 9.19. The fourth-order valence-corrected chi connectivity index (χ4v) is 4.43. The lowest BCUT2D eigenvalue weighted by Gasteiger charge is -2.20. The normalized spacial score (nSPS) is 13.5. The van der Waals surface area contributed by atoms with Crippen molar-refractivity contribution in [1.82, 2.24) is 5.32 Å². The second-order valence-corrected chi connectivity index (χ2v) is 10.3. The first-order chi connectivity index (χ1) is 17.6. The molecule has 7 nitrogen and oxygen atoms in total. The number of esters is 1. The molecule has 0 aromatic heterocycles. The Balaban J connectivity index is 1.86. The molecule has 37 heavy (non-hydrogen) atoms. The van der Waals surface area contributed by atoms with Crippen LogP contribution in [-0.4, -0.2) is 34.7 Å². The molecule has 0 aliphatic heterocycles. The van der Waals surface area contributed by atoms with Gasteiger partial charge in [0, 0.05) is 6.42 Å². The molecular formula is C29H32NO6P. The van der Waals surface area contributed by atoms with E-state index >= 15 is 0 Å². The second-order valence-electron chi connectivity index (χ2n) is 9.20. The Hall–Kier alpha value is -3.54. The van der Waals surface area contributed by atoms with E-state index in [0.717, 1.165) is 27.8 Å². The van der Waals surface area contributed by atoms with E-state index in [1.54, 1.807) is 31.2 Å². The average molecular weight is 522 g/mol. The summed E-state index contributed by atoms with van der Waals surface area (Å²) in [5.41, 5.74) is 5.06. The van der Waals surface area contributed by atoms with E-state index in [1.807, 2.05) is 44.2 Å². The molecule has 0 bridgehead atoms. The summed E-state index contributed by atoms with van der Waals surface area (Å²) in [6, 6.07) is 16.8. The van der Waals surface area contributed by atoms with Gasteiger partial charge in [0.2, 0.25) is 0 Å². The predicted octanol–water partition coefficient (Wildman–Crippen LogP) is 4.96. The molecule has 3 N–H and O–H groups in total. The topological polar surface area (TPSA) is 113 Å². The van der Waals surface area contributed by atoms with Gasteiger partial charge in [-0.15, -0.1) is 0 Å². The monoisotopic (exact) mass is 521 g/mol. The van der Waals surface area contributed by atoms with E-state index in [2.05, 4.69) is 5.32 Å². The van der Waals surface area contributed by atoms with Gasteiger partial charge in [0.25, 0.3) is 5.91 Å². The number of amides is 1. The van der Waals surface area contributed by atoms with E-state index in [0.29, 0.717) is 12.0 Å². The summed E-state index contributed by atoms with van der Waals surface area (Å²) in [6.07, 6.45) is 0.726. The van der Waals surface area contributed by atoms with Crippen LogP contribution in [0.3, 0.4) is 0 Å². The quantitative estimate of drug-likeness (QED) is 0.257. The number of carbonyl (C=O) groups is 2. The van der Waals surface area contributed by atoms with Crippen molar-refractivity contribution >= 4 is 20.3 Å². The standard InChI is InChI=1S/C29H32NO6P/c1-5-36-28(33)25(17-20-9-7-6-8-10-20)30-27(32)24-16-21(11-12-26(24)31)15-23-18(2)13-22(14-19(23)3)29(4,34)37-35/h6-14,16,25,31,34H,5,15,17H2,1-4H3,(H,30,32). The van der Waals surface area contributed by atoms with E-state index in [4.69, 9.17) is 4.74 Å². The summed E-state index contributed by atoms with van der Waals surface area (Å²) in [7, 11) is -0.385. The summed E-state index contributed by atoms with van der Waals surface area (Å²) >= 11 is 0. The van der Waals surface area contributed by atoms with Crippen LogP contribution in [-0.2, 0) is 32.3 Å². The Labute approximate surface area is 218 Å². The van der Waals surface area contributed by atoms with Crippen LogP contribution in [0.5, 0.6) is 5.75 Å². The molecule has 3 rings (SSSR count). The highest BCUT2D eigenvalue weighted by Crippen LogP contribution is 2.34. The zero-order valence-electron chi connectivity index (χ0n) is 21.4. The first kappa shape index (κ1) is 28.0. The van der Waals surface area contributed by atoms with Crippen molar-refractivity contribution in [2.45, 2.75) is 51.9 Å². The van der Waals surface area contributed by atoms with Crippen molar-refractivity contribution in [3.8, 4) is 5.75 Å². The van der Waals surface area contributed by atoms with Gasteiger partial charge in [0.1, 0.15) is 11.8 Å². The van der Waals surface area contributed by atoms with Crippen molar-refractivity contribution in [1.29, 1.82) is 0 Å². The molecule has 0 heterocycles. The highest BCUT2D eigenvalue weighted by molar-refractivity contribution is 7.25. The van der Waals surface area contributed by atoms with Crippen LogP contribution in [0.25, 0.3) is 0 Å². The van der Waals surface area contributed by atoms with Gasteiger partial charge in [-0.25, -0.2) is 4.79 Å². The van der Waals surface area contributed by atoms with Crippen molar-refractivity contribution in [3.63, 3.8) is 0 Å². The average Bonchev–Trinajstić information content (AvgIpc) is 2.87. The van der Waals surface area contributed by atoms with Gasteiger partial charge in [-0.1, -0.05) is 48.5 Å². The molecule has 0 saturated carbocycles. The Morgan fingerprint density at radius 3 is 2.27 bits per heavy atom. The number of aliphatic hydroxyl groups is 1. The third kappa shape index (κ3) is 7.03. The highest BCUT2D eigenvalue weighted by atomic mass is 31.1. The lowest BCUT2D eigenvalue weighted by molar-refractivity contribution is -0.145. The molecule has 0 aliphatic carbocycles. The number of nitrogens with one attached hydrogen (secondary N) is 1. The van der Waals surface area contributed by atoms with E-state index in [-0.39, 0.29) is 32.8 Å². The van der Waals surface area contributed by atoms with Gasteiger partial charge in [0.05, 0.1) is 12.2 Å². The zero-order chi connectivity index (χ0) is 27.2. The molecule has 194 valence electrons. The number of hydrogen-bond donors (Lipinski definition) is 3. The van der Waals surface area contributed by atoms with Crippen LogP contribution in [0, 0.1) is 13.8 Å². The Morgan fingerprint density at radius 1 is 1.03 bits per heavy atom. The fourth-order valence-electron chi connectivity index (χ4n) is 4.20. The van der Waals surface area contributed by atoms with E-state index < -0.39 is 23.3 Å². The lowest BCUT2D eigenvalue weighted by Crippen LogP contribution is -2.43. The number of phenols is 1. The molecule has 2 atom stereocenters. The van der Waals surface area contributed by atoms with Gasteiger partial charge in [-0.3, -0.25) is 9.36 Å². The molecule has 0 saturated heterocycles. The Morgan fingerprint density at radius 2 is 1.68 bits per heavy atom. The molecule has 2 unspecified atom stereocenters. The number of phenolic OH excluding ortho intramolecular Hbond substituents is 1. The van der Waals surface area contributed by atoms with Gasteiger partial charge in [-0.05, 0) is 79.6 Å². The van der Waals surface area contributed by atoms with Crippen molar-refractivity contribution < 1.29 is 29.1 Å². The van der Waals surface area contributed by atoms with Crippen LogP contribution in [0.15, 0.2) is 60.7 Å². The smallest absolute Gasteiger partial charge is 0.328 e. The molecule has 1 amide bonds. The number of hydrogen-bond acceptors (Lipinski definition) is 6. The number of rotatable bonds is 10. The van der Waals surface area contributed by atoms with Gasteiger partial charge >= 0.3 is 5.97 Å². The largest absolute Gasteiger partial charge is 0.507 e. The number of aromatic hydroxyl groups is 1. The Bertz CT molecular complexity index is 1270. The molecule has 3 aromatic rings. The van der Waals surface area contributed by atoms with E-state index in [9.17, 15) is 24.4 Å². The van der Waals surface area contributed by atoms with E-state index in [1.165, 1.54) is 13.0 Å². The SMILES string of the molecule is CCOC(=O)C(Cc1ccccc1)NC(=O)c1cc(Cc2c(C)cc(C(C)(O)P=O)cc2C)ccc1O. The third-order valence-electron chi connectivity index (χ3n) is 6.27. The molecule has 0 fully saturated rings. The second kappa shape index (κ2) is 12.1. The number of carbonyl (C=O) groups excluding carboxylic acids is 2. The van der Waals surface area contributed by atoms with Crippen molar-refractivity contribution in [2.75, 3.05) is 6.61 Å². The number of benzene rings is 3. The number of ether oxygens (including phenoxy) is 1. The highest BCUT2D eigenvalue weighted by Gasteiger charge is 2.26. The molecule has 0 radical (unpaired) electrons. The third-order valence-corrected chi connectivity index (χ3v) is 6.88. The van der Waals surface area contributed by atoms with Crippen LogP contribution in [0.4, 0.5) is 0 Å². The maximum atomic E-state index is 13.2. The van der Waals surface area contributed by atoms with Crippen LogP contribution in [0.2, 0.25) is 0 Å². The van der Waals surface area contributed by atoms with Crippen LogP contribution < -0.4 is 5.32 Å². The van der Waals surface area contributed by atoms with Crippen LogP contribution in [0.1, 0.15) is 57.6 Å². The van der Waals surface area contributed by atoms with Crippen molar-refractivity contribution in [3.05, 3.63) is 99.6 Å². The predicted molar refractivity (Wildman–Crippen MR) is 142 cm³/mol. The summed E-state index contributed by atoms with van der Waals surface area (Å²) in [4.78, 5) is 25.7. The summed E-state index contributed by atoms with van der Waals surface area (Å²) in [5, 5.41) is 22.0. The minimum Gasteiger partial charge on any atom is -0.507 e. The van der Waals surface area contributed by atoms with Crippen molar-refractivity contribution in [2.24, 2.45) is 0 Å². The summed E-state index contributed by atoms with van der Waals surface area (Å²) in [5.74, 6) is -1.32. The van der Waals surface area contributed by atoms with Gasteiger partial charge in [0.15, 0.2) is 13.8 Å². The summed E-state index contributed by atoms with van der Waals surface area (Å²) in [6.45, 7) is 7.19. The minimum atomic E-state index is -1.48. The van der Waals surface area contributed by atoms with Gasteiger partial charge in [-0.2, -0.15) is 0 Å². The lowest BCUT2D eigenvalue weighted by atomic mass is 9.92. The maximum absolute atomic E-state index is 13.2. The fraction of sp³-hybridized carbons (Fsp3) is 0.310. The molecule has 0 spiro atoms. The molecular weight excluding hydrogens is 489 g/mol. The zero-order valence-corrected chi connectivity index (χ0v) is 22.3. The maximum Gasteiger partial charge on any atom is 0.328 e. The molecule has 0 aliphatic rings. The number of aryl methyl sites for hydroxylation is 2. The van der Waals surface area contributed by atoms with Crippen LogP contribution >= 0.6 is 8.46 Å². The first-order valence-electron chi connectivity index (χ1n) is 12.1. The van der Waals surface area contributed by atoms with Gasteiger partial charge < -0.3 is 20.3 Å². The summed E-state index contributed by atoms with van der Waals surface area (Å²) < 4.78 is 16.5. The minimum absolute atomic E-state index is 0.0554. The first-order valence-corrected chi connectivity index (χ1v) is 12.9. The molecule has 8 heteroatoms. The molecule has 3 aromatic carbocycles.